The van der Waals surface area contributed by atoms with E-state index >= 15 is 0 Å². The molecule has 4 nitrogen and oxygen atoms in total. The Balaban J connectivity index is 2.80. The molecule has 0 saturated heterocycles. The number of nitrogens with one attached hydrogen (secondary N) is 2. The number of carbonyl (C=O) groups excluding carboxylic acids is 1. The van der Waals surface area contributed by atoms with Crippen molar-refractivity contribution in [3.05, 3.63) is 29.3 Å². The van der Waals surface area contributed by atoms with Crippen LogP contribution in [-0.4, -0.2) is 35.8 Å². The van der Waals surface area contributed by atoms with Crippen molar-refractivity contribution in [1.82, 2.24) is 5.32 Å². The molecule has 1 rings (SSSR count). The van der Waals surface area contributed by atoms with Crippen LogP contribution in [0.25, 0.3) is 0 Å². The molecular formula is C14H19F3N2O2S. The quantitative estimate of drug-likeness (QED) is 0.747. The number of carbonyl (C=O) groups is 1. The number of hydrogen-bond donors (Lipinski definition) is 3. The van der Waals surface area contributed by atoms with E-state index in [1.807, 2.05) is 6.26 Å². The van der Waals surface area contributed by atoms with Crippen LogP contribution >= 0.6 is 11.8 Å². The van der Waals surface area contributed by atoms with Crippen LogP contribution in [-0.2, 0) is 6.18 Å². The van der Waals surface area contributed by atoms with Crippen LogP contribution in [0, 0.1) is 6.92 Å². The lowest BCUT2D eigenvalue weighted by Crippen LogP contribution is -2.40. The number of rotatable bonds is 6. The van der Waals surface area contributed by atoms with Gasteiger partial charge in [0.1, 0.15) is 0 Å². The normalized spacial score (nSPS) is 12.8. The number of aliphatic hydroxyl groups excluding tert-OH is 1. The number of anilines is 1. The topological polar surface area (TPSA) is 61.4 Å². The number of alkyl halides is 3. The first-order valence-corrected chi connectivity index (χ1v) is 8.03. The van der Waals surface area contributed by atoms with Gasteiger partial charge in [-0.3, -0.25) is 0 Å². The zero-order valence-electron chi connectivity index (χ0n) is 12.3. The summed E-state index contributed by atoms with van der Waals surface area (Å²) in [6.45, 7) is 1.24. The van der Waals surface area contributed by atoms with Crippen molar-refractivity contribution >= 4 is 23.5 Å². The molecular weight excluding hydrogens is 317 g/mol. The number of amides is 2. The molecule has 0 aliphatic carbocycles. The van der Waals surface area contributed by atoms with E-state index in [-0.39, 0.29) is 23.9 Å². The SMILES string of the molecule is CSCC(CCO)NC(=O)Nc1cccc(C(F)(F)F)c1C. The van der Waals surface area contributed by atoms with Crippen LogP contribution in [0.4, 0.5) is 23.7 Å². The van der Waals surface area contributed by atoms with Gasteiger partial charge in [0.25, 0.3) is 0 Å². The van der Waals surface area contributed by atoms with Gasteiger partial charge in [-0.15, -0.1) is 0 Å². The van der Waals surface area contributed by atoms with Crippen molar-refractivity contribution in [2.24, 2.45) is 0 Å². The second-order valence-electron chi connectivity index (χ2n) is 4.74. The van der Waals surface area contributed by atoms with Gasteiger partial charge in [0.15, 0.2) is 0 Å². The molecule has 1 aromatic carbocycles. The highest BCUT2D eigenvalue weighted by molar-refractivity contribution is 7.98. The van der Waals surface area contributed by atoms with E-state index in [4.69, 9.17) is 5.11 Å². The average molecular weight is 336 g/mol. The van der Waals surface area contributed by atoms with Gasteiger partial charge in [-0.1, -0.05) is 6.07 Å². The highest BCUT2D eigenvalue weighted by atomic mass is 32.2. The molecule has 1 unspecified atom stereocenters. The molecule has 0 aliphatic rings. The first-order valence-electron chi connectivity index (χ1n) is 6.63. The van der Waals surface area contributed by atoms with Crippen LogP contribution < -0.4 is 10.6 Å². The lowest BCUT2D eigenvalue weighted by molar-refractivity contribution is -0.138. The van der Waals surface area contributed by atoms with Gasteiger partial charge in [-0.05, 0) is 37.3 Å². The minimum atomic E-state index is -4.46. The summed E-state index contributed by atoms with van der Waals surface area (Å²) in [6, 6.07) is 2.81. The second-order valence-corrected chi connectivity index (χ2v) is 5.65. The van der Waals surface area contributed by atoms with E-state index in [1.54, 1.807) is 0 Å². The minimum Gasteiger partial charge on any atom is -0.396 e. The molecule has 0 aromatic heterocycles. The van der Waals surface area contributed by atoms with Crippen LogP contribution in [0.2, 0.25) is 0 Å². The third-order valence-electron chi connectivity index (χ3n) is 3.07. The zero-order valence-corrected chi connectivity index (χ0v) is 13.1. The van der Waals surface area contributed by atoms with Crippen molar-refractivity contribution in [2.45, 2.75) is 25.6 Å². The number of benzene rings is 1. The van der Waals surface area contributed by atoms with Crippen LogP contribution in [0.3, 0.4) is 0 Å². The lowest BCUT2D eigenvalue weighted by atomic mass is 10.1. The average Bonchev–Trinajstić information content (AvgIpc) is 2.40. The number of urea groups is 1. The number of hydrogen-bond acceptors (Lipinski definition) is 3. The molecule has 0 bridgehead atoms. The molecule has 124 valence electrons. The molecule has 0 saturated carbocycles. The molecule has 0 heterocycles. The maximum Gasteiger partial charge on any atom is 0.416 e. The van der Waals surface area contributed by atoms with Crippen molar-refractivity contribution in [3.63, 3.8) is 0 Å². The van der Waals surface area contributed by atoms with Gasteiger partial charge in [0, 0.05) is 24.1 Å². The number of halogens is 3. The largest absolute Gasteiger partial charge is 0.416 e. The van der Waals surface area contributed by atoms with Gasteiger partial charge < -0.3 is 15.7 Å². The fraction of sp³-hybridized carbons (Fsp3) is 0.500. The first-order chi connectivity index (χ1) is 10.3. The molecule has 8 heteroatoms. The molecule has 0 fully saturated rings. The molecule has 1 aromatic rings. The third kappa shape index (κ3) is 5.42. The fourth-order valence-corrected chi connectivity index (χ4v) is 2.63. The maximum absolute atomic E-state index is 12.8. The van der Waals surface area contributed by atoms with Crippen molar-refractivity contribution in [2.75, 3.05) is 23.9 Å². The van der Waals surface area contributed by atoms with E-state index in [2.05, 4.69) is 10.6 Å². The van der Waals surface area contributed by atoms with Gasteiger partial charge in [0.05, 0.1) is 5.56 Å². The van der Waals surface area contributed by atoms with Crippen LogP contribution in [0.1, 0.15) is 17.5 Å². The summed E-state index contributed by atoms with van der Waals surface area (Å²) in [5.74, 6) is 0.607. The van der Waals surface area contributed by atoms with Crippen LogP contribution in [0.5, 0.6) is 0 Å². The standard InChI is InChI=1S/C14H19F3N2O2S/c1-9-11(14(15,16)17)4-3-5-12(9)19-13(21)18-10(6-7-20)8-22-2/h3-5,10,20H,6-8H2,1-2H3,(H2,18,19,21). The van der Waals surface area contributed by atoms with Crippen molar-refractivity contribution in [3.8, 4) is 0 Å². The fourth-order valence-electron chi connectivity index (χ4n) is 1.98. The molecule has 22 heavy (non-hydrogen) atoms. The number of thioether (sulfide) groups is 1. The summed E-state index contributed by atoms with van der Waals surface area (Å²) in [7, 11) is 0. The highest BCUT2D eigenvalue weighted by Crippen LogP contribution is 2.34. The Labute approximate surface area is 131 Å². The van der Waals surface area contributed by atoms with Crippen LogP contribution in [0.15, 0.2) is 18.2 Å². The van der Waals surface area contributed by atoms with Gasteiger partial charge >= 0.3 is 12.2 Å². The Morgan fingerprint density at radius 3 is 2.64 bits per heavy atom. The predicted octanol–water partition coefficient (Wildman–Crippen LogP) is 3.25. The Morgan fingerprint density at radius 2 is 2.09 bits per heavy atom. The lowest BCUT2D eigenvalue weighted by Gasteiger charge is -2.19. The smallest absolute Gasteiger partial charge is 0.396 e. The summed E-state index contributed by atoms with van der Waals surface area (Å²) in [6.07, 6.45) is -2.22. The van der Waals surface area contributed by atoms with E-state index in [1.165, 1.54) is 30.8 Å². The summed E-state index contributed by atoms with van der Waals surface area (Å²) in [5, 5.41) is 14.0. The monoisotopic (exact) mass is 336 g/mol. The first kappa shape index (κ1) is 18.6. The Hall–Kier alpha value is -1.41. The number of aliphatic hydroxyl groups is 1. The summed E-state index contributed by atoms with van der Waals surface area (Å²) < 4.78 is 38.5. The second kappa shape index (κ2) is 8.28. The predicted molar refractivity (Wildman–Crippen MR) is 82.2 cm³/mol. The third-order valence-corrected chi connectivity index (χ3v) is 3.80. The minimum absolute atomic E-state index is 0.0336. The van der Waals surface area contributed by atoms with Gasteiger partial charge in [-0.25, -0.2) is 4.79 Å². The van der Waals surface area contributed by atoms with E-state index in [0.29, 0.717) is 12.2 Å². The molecule has 0 aliphatic heterocycles. The maximum atomic E-state index is 12.8. The molecule has 1 atom stereocenters. The Morgan fingerprint density at radius 1 is 1.41 bits per heavy atom. The highest BCUT2D eigenvalue weighted by Gasteiger charge is 2.33. The van der Waals surface area contributed by atoms with Gasteiger partial charge in [0.2, 0.25) is 0 Å². The summed E-state index contributed by atoms with van der Waals surface area (Å²) in [5.41, 5.74) is -0.700. The zero-order chi connectivity index (χ0) is 16.8. The summed E-state index contributed by atoms with van der Waals surface area (Å²) in [4.78, 5) is 11.9. The molecule has 3 N–H and O–H groups in total. The van der Waals surface area contributed by atoms with Gasteiger partial charge in [-0.2, -0.15) is 24.9 Å². The Kier molecular flexibility index (Phi) is 7.02. The summed E-state index contributed by atoms with van der Waals surface area (Å²) >= 11 is 1.50. The van der Waals surface area contributed by atoms with E-state index < -0.39 is 17.8 Å². The van der Waals surface area contributed by atoms with Crippen molar-refractivity contribution in [1.29, 1.82) is 0 Å². The Bertz CT molecular complexity index is 503. The molecule has 0 radical (unpaired) electrons. The van der Waals surface area contributed by atoms with Crippen molar-refractivity contribution < 1.29 is 23.1 Å². The molecule has 0 spiro atoms. The molecule has 2 amide bonds. The van der Waals surface area contributed by atoms with E-state index in [9.17, 15) is 18.0 Å². The van der Waals surface area contributed by atoms with E-state index in [0.717, 1.165) is 6.07 Å².